The second-order valence-corrected chi connectivity index (χ2v) is 2.52. The van der Waals surface area contributed by atoms with Gasteiger partial charge in [0.25, 0.3) is 0 Å². The molecule has 1 nitrogen and oxygen atoms in total. The number of fused-ring (bicyclic) bond motifs is 1. The van der Waals surface area contributed by atoms with E-state index in [0.29, 0.717) is 0 Å². The fourth-order valence-corrected chi connectivity index (χ4v) is 1.27. The molecule has 1 aromatic heterocycles. The third-order valence-electron chi connectivity index (χ3n) is 1.81. The monoisotopic (exact) mass is 132 g/mol. The molecule has 1 aliphatic heterocycles. The summed E-state index contributed by atoms with van der Waals surface area (Å²) in [5.74, 6) is 0. The Bertz CT molecular complexity index is 263. The molecule has 0 fully saturated rings. The second kappa shape index (κ2) is 2.25. The van der Waals surface area contributed by atoms with Crippen molar-refractivity contribution in [1.82, 2.24) is 0 Å². The van der Waals surface area contributed by atoms with Gasteiger partial charge in [0.2, 0.25) is 0 Å². The summed E-state index contributed by atoms with van der Waals surface area (Å²) in [4.78, 5) is 0. The number of hydrogen-bond donors (Lipinski definition) is 0. The van der Waals surface area contributed by atoms with Crippen LogP contribution < -0.4 is 4.57 Å². The Morgan fingerprint density at radius 1 is 1.30 bits per heavy atom. The number of pyridine rings is 1. The summed E-state index contributed by atoms with van der Waals surface area (Å²) in [6.07, 6.45) is 8.78. The topological polar surface area (TPSA) is 3.88 Å². The third-order valence-corrected chi connectivity index (χ3v) is 1.81. The second-order valence-electron chi connectivity index (χ2n) is 2.52. The van der Waals surface area contributed by atoms with Crippen molar-refractivity contribution in [2.75, 3.05) is 0 Å². The zero-order valence-corrected chi connectivity index (χ0v) is 5.83. The van der Waals surface area contributed by atoms with Crippen LogP contribution in [0.1, 0.15) is 12.1 Å². The largest absolute Gasteiger partial charge is 0.187 e. The lowest BCUT2D eigenvalue weighted by molar-refractivity contribution is -0.579. The molecule has 0 bridgehead atoms. The van der Waals surface area contributed by atoms with Crippen molar-refractivity contribution in [3.8, 4) is 0 Å². The first kappa shape index (κ1) is 5.66. The van der Waals surface area contributed by atoms with Crippen LogP contribution in [0.15, 0.2) is 30.5 Å². The van der Waals surface area contributed by atoms with E-state index in [4.69, 9.17) is 0 Å². The molecule has 2 rings (SSSR count). The fraction of sp³-hybridized carbons (Fsp3) is 0.222. The Labute approximate surface area is 60.6 Å². The molecule has 0 aromatic carbocycles. The van der Waals surface area contributed by atoms with Gasteiger partial charge in [-0.1, -0.05) is 6.07 Å². The molecule has 0 radical (unpaired) electrons. The molecule has 0 spiro atoms. The van der Waals surface area contributed by atoms with E-state index in [0.717, 1.165) is 0 Å². The lowest BCUT2D eigenvalue weighted by Crippen LogP contribution is -2.32. The maximum Gasteiger partial charge on any atom is 0.187 e. The molecular weight excluding hydrogens is 122 g/mol. The smallest absolute Gasteiger partial charge is 0.171 e. The quantitative estimate of drug-likeness (QED) is 0.470. The summed E-state index contributed by atoms with van der Waals surface area (Å²) in [6, 6.07) is 6.31. The molecule has 10 heavy (non-hydrogen) atoms. The molecule has 0 N–H and O–H groups in total. The van der Waals surface area contributed by atoms with Gasteiger partial charge in [-0.15, -0.1) is 0 Å². The molecule has 0 amide bonds. The Kier molecular flexibility index (Phi) is 1.28. The van der Waals surface area contributed by atoms with E-state index in [1.165, 1.54) is 18.5 Å². The van der Waals surface area contributed by atoms with Crippen LogP contribution in [-0.2, 0) is 6.42 Å². The van der Waals surface area contributed by atoms with E-state index in [9.17, 15) is 0 Å². The van der Waals surface area contributed by atoms with Gasteiger partial charge in [0.1, 0.15) is 0 Å². The van der Waals surface area contributed by atoms with Crippen molar-refractivity contribution >= 4 is 6.20 Å². The van der Waals surface area contributed by atoms with Gasteiger partial charge in [0.15, 0.2) is 18.1 Å². The summed E-state index contributed by atoms with van der Waals surface area (Å²) in [5.41, 5.74) is 1.41. The van der Waals surface area contributed by atoms with Crippen LogP contribution in [-0.4, -0.2) is 0 Å². The molecular formula is C9H10N+. The minimum Gasteiger partial charge on any atom is -0.171 e. The van der Waals surface area contributed by atoms with Gasteiger partial charge < -0.3 is 0 Å². The molecule has 1 aromatic rings. The number of aryl methyl sites for hydroxylation is 1. The van der Waals surface area contributed by atoms with Gasteiger partial charge in [-0.2, -0.15) is 4.57 Å². The molecule has 2 heterocycles. The van der Waals surface area contributed by atoms with Crippen LogP contribution >= 0.6 is 0 Å². The van der Waals surface area contributed by atoms with E-state index in [1.54, 1.807) is 0 Å². The first-order chi connectivity index (χ1) is 4.97. The van der Waals surface area contributed by atoms with Gasteiger partial charge in [-0.3, -0.25) is 0 Å². The fourth-order valence-electron chi connectivity index (χ4n) is 1.27. The lowest BCUT2D eigenvalue weighted by Gasteiger charge is -2.00. The average molecular weight is 132 g/mol. The third kappa shape index (κ3) is 0.838. The van der Waals surface area contributed by atoms with Crippen LogP contribution in [0.4, 0.5) is 0 Å². The Balaban J connectivity index is 2.54. The van der Waals surface area contributed by atoms with Gasteiger partial charge in [-0.05, 0) is 12.5 Å². The van der Waals surface area contributed by atoms with E-state index in [2.05, 4.69) is 41.2 Å². The van der Waals surface area contributed by atoms with Crippen molar-refractivity contribution in [2.24, 2.45) is 0 Å². The average Bonchev–Trinajstić information content (AvgIpc) is 2.05. The molecule has 0 aliphatic carbocycles. The highest BCUT2D eigenvalue weighted by Gasteiger charge is 2.08. The molecule has 1 aliphatic rings. The number of rotatable bonds is 0. The number of allylic oxidation sites excluding steroid dienone is 1. The van der Waals surface area contributed by atoms with Gasteiger partial charge in [-0.25, -0.2) is 0 Å². The lowest BCUT2D eigenvalue weighted by atomic mass is 10.2. The van der Waals surface area contributed by atoms with E-state index in [-0.39, 0.29) is 0 Å². The molecule has 0 saturated heterocycles. The van der Waals surface area contributed by atoms with Gasteiger partial charge >= 0.3 is 0 Å². The number of hydrogen-bond acceptors (Lipinski definition) is 0. The van der Waals surface area contributed by atoms with Crippen molar-refractivity contribution in [2.45, 2.75) is 12.8 Å². The Morgan fingerprint density at radius 3 is 3.20 bits per heavy atom. The van der Waals surface area contributed by atoms with Crippen LogP contribution in [0.3, 0.4) is 0 Å². The summed E-state index contributed by atoms with van der Waals surface area (Å²) < 4.78 is 2.17. The Morgan fingerprint density at radius 2 is 2.30 bits per heavy atom. The summed E-state index contributed by atoms with van der Waals surface area (Å²) >= 11 is 0. The predicted octanol–water partition coefficient (Wildman–Crippen LogP) is 1.39. The van der Waals surface area contributed by atoms with Crippen LogP contribution in [0.25, 0.3) is 6.20 Å². The highest BCUT2D eigenvalue weighted by molar-refractivity contribution is 5.14. The minimum absolute atomic E-state index is 1.18. The molecule has 0 unspecified atom stereocenters. The molecule has 0 saturated carbocycles. The van der Waals surface area contributed by atoms with E-state index < -0.39 is 0 Å². The first-order valence-corrected chi connectivity index (χ1v) is 3.62. The molecule has 1 heteroatoms. The maximum atomic E-state index is 2.20. The first-order valence-electron chi connectivity index (χ1n) is 3.62. The van der Waals surface area contributed by atoms with Crippen LogP contribution in [0, 0.1) is 0 Å². The van der Waals surface area contributed by atoms with Crippen molar-refractivity contribution in [3.05, 3.63) is 36.2 Å². The predicted molar refractivity (Wildman–Crippen MR) is 40.3 cm³/mol. The zero-order chi connectivity index (χ0) is 6.81. The highest BCUT2D eigenvalue weighted by atomic mass is 14.9. The summed E-state index contributed by atoms with van der Waals surface area (Å²) in [6.45, 7) is 0. The summed E-state index contributed by atoms with van der Waals surface area (Å²) in [7, 11) is 0. The minimum atomic E-state index is 1.18. The van der Waals surface area contributed by atoms with E-state index >= 15 is 0 Å². The standard InChI is InChI=1S/C9H10N/c1-3-7-10-8-4-2-6-9(10)5-1/h1,3-5,7-8H,2,6H2/q+1. The normalized spacial score (nSPS) is 14.8. The van der Waals surface area contributed by atoms with Crippen molar-refractivity contribution < 1.29 is 4.57 Å². The summed E-state index contributed by atoms with van der Waals surface area (Å²) in [5, 5.41) is 0. The number of nitrogens with zero attached hydrogens (tertiary/aromatic N) is 1. The number of aromatic nitrogens is 1. The molecule has 50 valence electrons. The SMILES string of the molecule is C1=C[n+]2ccccc2CC1. The maximum absolute atomic E-state index is 2.20. The van der Waals surface area contributed by atoms with E-state index in [1.807, 2.05) is 0 Å². The zero-order valence-electron chi connectivity index (χ0n) is 5.83. The highest BCUT2D eigenvalue weighted by Crippen LogP contribution is 2.02. The van der Waals surface area contributed by atoms with Crippen LogP contribution in [0.5, 0.6) is 0 Å². The molecule has 0 atom stereocenters. The van der Waals surface area contributed by atoms with Crippen molar-refractivity contribution in [1.29, 1.82) is 0 Å². The van der Waals surface area contributed by atoms with Gasteiger partial charge in [0, 0.05) is 18.6 Å². The van der Waals surface area contributed by atoms with Crippen molar-refractivity contribution in [3.63, 3.8) is 0 Å². The Hall–Kier alpha value is -1.11. The van der Waals surface area contributed by atoms with Gasteiger partial charge in [0.05, 0.1) is 0 Å². The van der Waals surface area contributed by atoms with Crippen LogP contribution in [0.2, 0.25) is 0 Å².